The largest absolute Gasteiger partial charge is 0.399 e. The number of hydrogen-bond donors (Lipinski definition) is 1. The Hall–Kier alpha value is -2.07. The van der Waals surface area contributed by atoms with Gasteiger partial charge < -0.3 is 10.3 Å². The van der Waals surface area contributed by atoms with Crippen molar-refractivity contribution in [1.82, 2.24) is 9.55 Å². The monoisotopic (exact) mass is 341 g/mol. The maximum absolute atomic E-state index is 5.72. The quantitative estimate of drug-likeness (QED) is 0.732. The fourth-order valence-corrected chi connectivity index (χ4v) is 2.52. The molecular formula is C17H16BrN3. The second-order valence-corrected chi connectivity index (χ2v) is 5.93. The van der Waals surface area contributed by atoms with Gasteiger partial charge >= 0.3 is 0 Å². The number of aromatic nitrogens is 2. The molecule has 0 aliphatic rings. The number of imidazole rings is 1. The molecule has 3 rings (SSSR count). The number of nitrogens with zero attached hydrogens (tertiary/aromatic N) is 2. The van der Waals surface area contributed by atoms with Crippen LogP contribution in [0.3, 0.4) is 0 Å². The van der Waals surface area contributed by atoms with Gasteiger partial charge in [0.25, 0.3) is 0 Å². The summed E-state index contributed by atoms with van der Waals surface area (Å²) in [5.41, 5.74) is 8.99. The highest BCUT2D eigenvalue weighted by Gasteiger charge is 2.05. The molecule has 4 heteroatoms. The van der Waals surface area contributed by atoms with Gasteiger partial charge in [0, 0.05) is 35.5 Å². The normalized spacial score (nSPS) is 10.7. The van der Waals surface area contributed by atoms with Crippen molar-refractivity contribution >= 4 is 21.6 Å². The SMILES string of the molecule is Nc1ccc(Cn2ccnc2Cc2ccc(Br)cc2)cc1. The Bertz CT molecular complexity index is 653. The fraction of sp³-hybridized carbons (Fsp3) is 0.118. The summed E-state index contributed by atoms with van der Waals surface area (Å²) in [6.45, 7) is 0.812. The lowest BCUT2D eigenvalue weighted by Gasteiger charge is -2.08. The van der Waals surface area contributed by atoms with E-state index in [0.29, 0.717) is 0 Å². The molecule has 0 aliphatic heterocycles. The van der Waals surface area contributed by atoms with E-state index in [0.717, 1.165) is 29.0 Å². The van der Waals surface area contributed by atoms with Crippen LogP contribution in [-0.2, 0) is 13.0 Å². The number of benzene rings is 2. The Kier molecular flexibility index (Phi) is 4.06. The average molecular weight is 342 g/mol. The summed E-state index contributed by atoms with van der Waals surface area (Å²) in [6, 6.07) is 16.3. The number of nitrogen functional groups attached to an aromatic ring is 1. The first-order chi connectivity index (χ1) is 10.2. The standard InChI is InChI=1S/C17H16BrN3/c18-15-5-1-13(2-6-15)11-17-20-9-10-21(17)12-14-3-7-16(19)8-4-14/h1-10H,11-12,19H2. The van der Waals surface area contributed by atoms with E-state index in [4.69, 9.17) is 5.73 Å². The molecule has 1 heterocycles. The number of anilines is 1. The molecule has 106 valence electrons. The minimum atomic E-state index is 0.791. The van der Waals surface area contributed by atoms with Crippen LogP contribution in [0.15, 0.2) is 65.4 Å². The average Bonchev–Trinajstić information content (AvgIpc) is 2.91. The van der Waals surface area contributed by atoms with Gasteiger partial charge in [-0.2, -0.15) is 0 Å². The second kappa shape index (κ2) is 6.14. The lowest BCUT2D eigenvalue weighted by atomic mass is 10.1. The second-order valence-electron chi connectivity index (χ2n) is 5.02. The summed E-state index contributed by atoms with van der Waals surface area (Å²) < 4.78 is 3.27. The summed E-state index contributed by atoms with van der Waals surface area (Å²) in [4.78, 5) is 4.47. The molecule has 0 saturated carbocycles. The third-order valence-electron chi connectivity index (χ3n) is 3.41. The van der Waals surface area contributed by atoms with Crippen LogP contribution in [0.2, 0.25) is 0 Å². The highest BCUT2D eigenvalue weighted by molar-refractivity contribution is 9.10. The zero-order valence-corrected chi connectivity index (χ0v) is 13.1. The minimum absolute atomic E-state index is 0.791. The number of nitrogens with two attached hydrogens (primary N) is 1. The van der Waals surface area contributed by atoms with Crippen LogP contribution in [-0.4, -0.2) is 9.55 Å². The molecule has 0 bridgehead atoms. The van der Waals surface area contributed by atoms with Gasteiger partial charge in [-0.3, -0.25) is 0 Å². The molecule has 0 atom stereocenters. The van der Waals surface area contributed by atoms with Gasteiger partial charge in [-0.1, -0.05) is 40.2 Å². The highest BCUT2D eigenvalue weighted by atomic mass is 79.9. The van der Waals surface area contributed by atoms with Gasteiger partial charge in [0.15, 0.2) is 0 Å². The maximum Gasteiger partial charge on any atom is 0.113 e. The van der Waals surface area contributed by atoms with E-state index in [1.54, 1.807) is 0 Å². The van der Waals surface area contributed by atoms with Gasteiger partial charge in [0.2, 0.25) is 0 Å². The van der Waals surface area contributed by atoms with E-state index in [2.05, 4.69) is 61.9 Å². The summed E-state index contributed by atoms with van der Waals surface area (Å²) >= 11 is 3.46. The highest BCUT2D eigenvalue weighted by Crippen LogP contribution is 2.15. The predicted molar refractivity (Wildman–Crippen MR) is 89.1 cm³/mol. The van der Waals surface area contributed by atoms with Gasteiger partial charge in [0.05, 0.1) is 0 Å². The van der Waals surface area contributed by atoms with E-state index in [1.807, 2.05) is 24.5 Å². The Morgan fingerprint density at radius 2 is 1.62 bits per heavy atom. The first-order valence-electron chi connectivity index (χ1n) is 6.79. The van der Waals surface area contributed by atoms with Crippen LogP contribution in [0.25, 0.3) is 0 Å². The van der Waals surface area contributed by atoms with E-state index in [1.165, 1.54) is 11.1 Å². The topological polar surface area (TPSA) is 43.8 Å². The third kappa shape index (κ3) is 3.52. The first-order valence-corrected chi connectivity index (χ1v) is 7.59. The van der Waals surface area contributed by atoms with Crippen LogP contribution in [0, 0.1) is 0 Å². The number of rotatable bonds is 4. The van der Waals surface area contributed by atoms with E-state index >= 15 is 0 Å². The van der Waals surface area contributed by atoms with Crippen LogP contribution in [0.1, 0.15) is 17.0 Å². The zero-order chi connectivity index (χ0) is 14.7. The number of hydrogen-bond acceptors (Lipinski definition) is 2. The van der Waals surface area contributed by atoms with Crippen molar-refractivity contribution in [1.29, 1.82) is 0 Å². The fourth-order valence-electron chi connectivity index (χ4n) is 2.26. The van der Waals surface area contributed by atoms with E-state index in [9.17, 15) is 0 Å². The van der Waals surface area contributed by atoms with Crippen LogP contribution in [0.5, 0.6) is 0 Å². The zero-order valence-electron chi connectivity index (χ0n) is 11.5. The first kappa shape index (κ1) is 13.9. The lowest BCUT2D eigenvalue weighted by molar-refractivity contribution is 0.740. The summed E-state index contributed by atoms with van der Waals surface area (Å²) in [7, 11) is 0. The predicted octanol–water partition coefficient (Wildman–Crippen LogP) is 3.87. The molecule has 0 radical (unpaired) electrons. The van der Waals surface area contributed by atoms with Gasteiger partial charge in [0.1, 0.15) is 5.82 Å². The number of halogens is 1. The van der Waals surface area contributed by atoms with E-state index in [-0.39, 0.29) is 0 Å². The molecule has 21 heavy (non-hydrogen) atoms. The Morgan fingerprint density at radius 1 is 0.952 bits per heavy atom. The molecule has 0 spiro atoms. The van der Waals surface area contributed by atoms with Crippen LogP contribution < -0.4 is 5.73 Å². The van der Waals surface area contributed by atoms with Crippen molar-refractivity contribution in [2.24, 2.45) is 0 Å². The molecule has 0 saturated heterocycles. The van der Waals surface area contributed by atoms with Crippen molar-refractivity contribution < 1.29 is 0 Å². The molecule has 2 N–H and O–H groups in total. The van der Waals surface area contributed by atoms with Gasteiger partial charge in [-0.25, -0.2) is 4.98 Å². The molecule has 0 aliphatic carbocycles. The molecule has 1 aromatic heterocycles. The summed E-state index contributed by atoms with van der Waals surface area (Å²) in [5.74, 6) is 1.06. The smallest absolute Gasteiger partial charge is 0.113 e. The lowest BCUT2D eigenvalue weighted by Crippen LogP contribution is -2.05. The molecule has 0 amide bonds. The van der Waals surface area contributed by atoms with Crippen molar-refractivity contribution in [2.45, 2.75) is 13.0 Å². The van der Waals surface area contributed by atoms with Crippen molar-refractivity contribution in [3.63, 3.8) is 0 Å². The van der Waals surface area contributed by atoms with E-state index < -0.39 is 0 Å². The van der Waals surface area contributed by atoms with Crippen molar-refractivity contribution in [3.8, 4) is 0 Å². The van der Waals surface area contributed by atoms with Crippen LogP contribution >= 0.6 is 15.9 Å². The molecule has 3 aromatic rings. The molecule has 3 nitrogen and oxygen atoms in total. The van der Waals surface area contributed by atoms with Crippen molar-refractivity contribution in [2.75, 3.05) is 5.73 Å². The molecule has 2 aromatic carbocycles. The van der Waals surface area contributed by atoms with Gasteiger partial charge in [-0.15, -0.1) is 0 Å². The third-order valence-corrected chi connectivity index (χ3v) is 3.94. The summed E-state index contributed by atoms with van der Waals surface area (Å²) in [5, 5.41) is 0. The van der Waals surface area contributed by atoms with Crippen LogP contribution in [0.4, 0.5) is 5.69 Å². The Balaban J connectivity index is 1.77. The van der Waals surface area contributed by atoms with Crippen molar-refractivity contribution in [3.05, 3.63) is 82.3 Å². The van der Waals surface area contributed by atoms with Gasteiger partial charge in [-0.05, 0) is 35.4 Å². The Labute approximate surface area is 132 Å². The Morgan fingerprint density at radius 3 is 2.33 bits per heavy atom. The molecular weight excluding hydrogens is 326 g/mol. The summed E-state index contributed by atoms with van der Waals surface area (Å²) in [6.07, 6.45) is 4.70. The minimum Gasteiger partial charge on any atom is -0.399 e. The molecule has 0 fully saturated rings. The molecule has 0 unspecified atom stereocenters. The maximum atomic E-state index is 5.72.